The van der Waals surface area contributed by atoms with E-state index in [9.17, 15) is 0 Å². The summed E-state index contributed by atoms with van der Waals surface area (Å²) in [4.78, 5) is 14.1. The van der Waals surface area contributed by atoms with Crippen LogP contribution in [0.1, 0.15) is 0 Å². The molecule has 0 unspecified atom stereocenters. The Morgan fingerprint density at radius 3 is 1.67 bits per heavy atom. The summed E-state index contributed by atoms with van der Waals surface area (Å²) < 4.78 is 2.11. The highest BCUT2D eigenvalue weighted by Gasteiger charge is 2.21. The number of hydrogen-bond acceptors (Lipinski definition) is 4. The fourth-order valence-electron chi connectivity index (χ4n) is 6.60. The second-order valence-corrected chi connectivity index (χ2v) is 12.0. The van der Waals surface area contributed by atoms with Gasteiger partial charge in [0.2, 0.25) is 0 Å². The molecule has 0 spiro atoms. The van der Waals surface area contributed by atoms with Crippen molar-refractivity contribution in [3.8, 4) is 62.0 Å². The summed E-state index contributed by atoms with van der Waals surface area (Å²) >= 11 is 0. The molecule has 0 aliphatic rings. The highest BCUT2D eigenvalue weighted by Crippen LogP contribution is 2.42. The fraction of sp³-hybridized carbons (Fsp3) is 0. The summed E-state index contributed by atoms with van der Waals surface area (Å²) in [5, 5.41) is 8.83. The highest BCUT2D eigenvalue weighted by molar-refractivity contribution is 6.17. The predicted molar refractivity (Wildman–Crippen MR) is 199 cm³/mol. The first-order chi connectivity index (χ1) is 24.3. The second kappa shape index (κ2) is 12.1. The minimum Gasteiger partial charge on any atom is -0.255 e. The van der Waals surface area contributed by atoms with Crippen LogP contribution in [0.2, 0.25) is 0 Å². The molecular formula is C44H29N5. The van der Waals surface area contributed by atoms with Gasteiger partial charge in [0.05, 0.1) is 34.0 Å². The van der Waals surface area contributed by atoms with Gasteiger partial charge in [-0.3, -0.25) is 9.97 Å². The Bertz CT molecular complexity index is 2500. The zero-order chi connectivity index (χ0) is 32.6. The van der Waals surface area contributed by atoms with E-state index in [1.807, 2.05) is 42.5 Å². The van der Waals surface area contributed by atoms with Gasteiger partial charge in [0.15, 0.2) is 0 Å². The van der Waals surface area contributed by atoms with Crippen LogP contribution < -0.4 is 0 Å². The van der Waals surface area contributed by atoms with Gasteiger partial charge in [-0.15, -0.1) is 0 Å². The van der Waals surface area contributed by atoms with Crippen LogP contribution in [0.15, 0.2) is 176 Å². The van der Waals surface area contributed by atoms with E-state index in [1.54, 1.807) is 12.4 Å². The van der Waals surface area contributed by atoms with Gasteiger partial charge in [0.25, 0.3) is 0 Å². The van der Waals surface area contributed by atoms with Crippen LogP contribution in [-0.2, 0) is 0 Å². The number of aromatic nitrogens is 5. The predicted octanol–water partition coefficient (Wildman–Crippen LogP) is 10.7. The van der Waals surface area contributed by atoms with Crippen molar-refractivity contribution in [1.82, 2.24) is 24.7 Å². The third-order valence-electron chi connectivity index (χ3n) is 8.93. The van der Waals surface area contributed by atoms with E-state index in [0.29, 0.717) is 0 Å². The van der Waals surface area contributed by atoms with Crippen molar-refractivity contribution < 1.29 is 0 Å². The SMILES string of the molecule is c1ccc(-c2cc3ccccc3c3c2c(-c2ccc(-c4cc(-c5ccccn5)nc(-c5ccccn5)c4)cc2)nn3-c2ccccc2)cc1. The second-order valence-electron chi connectivity index (χ2n) is 12.0. The van der Waals surface area contributed by atoms with Crippen LogP contribution in [-0.4, -0.2) is 24.7 Å². The maximum atomic E-state index is 5.37. The minimum absolute atomic E-state index is 0.801. The smallest absolute Gasteiger partial charge is 0.101 e. The molecule has 0 aliphatic carbocycles. The molecule has 9 aromatic rings. The lowest BCUT2D eigenvalue weighted by atomic mass is 9.93. The molecule has 230 valence electrons. The van der Waals surface area contributed by atoms with Gasteiger partial charge in [-0.1, -0.05) is 109 Å². The maximum Gasteiger partial charge on any atom is 0.101 e. The lowest BCUT2D eigenvalue weighted by molar-refractivity contribution is 0.918. The molecule has 5 heteroatoms. The first kappa shape index (κ1) is 28.5. The molecule has 4 aromatic heterocycles. The highest BCUT2D eigenvalue weighted by atomic mass is 15.3. The minimum atomic E-state index is 0.801. The molecule has 0 atom stereocenters. The summed E-state index contributed by atoms with van der Waals surface area (Å²) in [6, 6.07) is 56.6. The number of hydrogen-bond donors (Lipinski definition) is 0. The van der Waals surface area contributed by atoms with E-state index in [-0.39, 0.29) is 0 Å². The van der Waals surface area contributed by atoms with Gasteiger partial charge < -0.3 is 0 Å². The van der Waals surface area contributed by atoms with Crippen molar-refractivity contribution in [2.75, 3.05) is 0 Å². The molecule has 0 saturated heterocycles. The van der Waals surface area contributed by atoms with E-state index in [2.05, 4.69) is 136 Å². The van der Waals surface area contributed by atoms with Gasteiger partial charge in [-0.25, -0.2) is 9.67 Å². The molecule has 4 heterocycles. The third-order valence-corrected chi connectivity index (χ3v) is 8.93. The molecule has 0 N–H and O–H groups in total. The molecular weight excluding hydrogens is 599 g/mol. The van der Waals surface area contributed by atoms with E-state index in [4.69, 9.17) is 10.1 Å². The van der Waals surface area contributed by atoms with E-state index in [1.165, 1.54) is 5.39 Å². The number of pyridine rings is 3. The quantitative estimate of drug-likeness (QED) is 0.184. The lowest BCUT2D eigenvalue weighted by Crippen LogP contribution is -1.96. The van der Waals surface area contributed by atoms with Crippen LogP contribution >= 0.6 is 0 Å². The summed E-state index contributed by atoms with van der Waals surface area (Å²) in [7, 11) is 0. The first-order valence-corrected chi connectivity index (χ1v) is 16.3. The average molecular weight is 628 g/mol. The first-order valence-electron chi connectivity index (χ1n) is 16.3. The Balaban J connectivity index is 1.24. The Morgan fingerprint density at radius 1 is 0.429 bits per heavy atom. The van der Waals surface area contributed by atoms with Crippen molar-refractivity contribution in [2.45, 2.75) is 0 Å². The molecule has 5 aromatic carbocycles. The van der Waals surface area contributed by atoms with E-state index in [0.717, 1.165) is 78.3 Å². The largest absolute Gasteiger partial charge is 0.255 e. The Kier molecular flexibility index (Phi) is 7.06. The van der Waals surface area contributed by atoms with Crippen molar-refractivity contribution >= 4 is 21.7 Å². The molecule has 0 fully saturated rings. The van der Waals surface area contributed by atoms with Gasteiger partial charge in [-0.05, 0) is 82.2 Å². The zero-order valence-electron chi connectivity index (χ0n) is 26.5. The number of nitrogens with zero attached hydrogens (tertiary/aromatic N) is 5. The van der Waals surface area contributed by atoms with Gasteiger partial charge in [0.1, 0.15) is 5.69 Å². The normalized spacial score (nSPS) is 11.3. The van der Waals surface area contributed by atoms with E-state index < -0.39 is 0 Å². The molecule has 0 amide bonds. The lowest BCUT2D eigenvalue weighted by Gasteiger charge is -2.11. The van der Waals surface area contributed by atoms with Crippen LogP contribution in [0.3, 0.4) is 0 Å². The average Bonchev–Trinajstić information content (AvgIpc) is 3.60. The number of para-hydroxylation sites is 1. The molecule has 5 nitrogen and oxygen atoms in total. The van der Waals surface area contributed by atoms with Crippen LogP contribution in [0.5, 0.6) is 0 Å². The Hall–Kier alpha value is -6.72. The Morgan fingerprint density at radius 2 is 1.02 bits per heavy atom. The molecule has 0 radical (unpaired) electrons. The van der Waals surface area contributed by atoms with Crippen LogP contribution in [0.25, 0.3) is 83.6 Å². The van der Waals surface area contributed by atoms with Crippen molar-refractivity contribution in [3.05, 3.63) is 176 Å². The summed E-state index contributed by atoms with van der Waals surface area (Å²) in [5.74, 6) is 0. The van der Waals surface area contributed by atoms with Crippen molar-refractivity contribution in [2.24, 2.45) is 0 Å². The maximum absolute atomic E-state index is 5.37. The van der Waals surface area contributed by atoms with E-state index >= 15 is 0 Å². The van der Waals surface area contributed by atoms with Crippen LogP contribution in [0.4, 0.5) is 0 Å². The van der Waals surface area contributed by atoms with Gasteiger partial charge in [0, 0.05) is 28.7 Å². The fourth-order valence-corrected chi connectivity index (χ4v) is 6.60. The van der Waals surface area contributed by atoms with Crippen molar-refractivity contribution in [1.29, 1.82) is 0 Å². The van der Waals surface area contributed by atoms with Gasteiger partial charge in [-0.2, -0.15) is 5.10 Å². The molecule has 9 rings (SSSR count). The van der Waals surface area contributed by atoms with Crippen LogP contribution in [0, 0.1) is 0 Å². The number of benzene rings is 5. The monoisotopic (exact) mass is 627 g/mol. The molecule has 0 aliphatic heterocycles. The summed E-state index contributed by atoms with van der Waals surface area (Å²) in [6.07, 6.45) is 3.59. The third kappa shape index (κ3) is 5.24. The topological polar surface area (TPSA) is 56.5 Å². The van der Waals surface area contributed by atoms with Crippen molar-refractivity contribution in [3.63, 3.8) is 0 Å². The number of fused-ring (bicyclic) bond motifs is 3. The molecule has 49 heavy (non-hydrogen) atoms. The summed E-state index contributed by atoms with van der Waals surface area (Å²) in [5.41, 5.74) is 11.8. The summed E-state index contributed by atoms with van der Waals surface area (Å²) in [6.45, 7) is 0. The van der Waals surface area contributed by atoms with Gasteiger partial charge >= 0.3 is 0 Å². The zero-order valence-corrected chi connectivity index (χ0v) is 26.5. The Labute approximate surface area is 283 Å². The molecule has 0 saturated carbocycles. The standard InChI is InChI=1S/C44H29N5/c1-3-13-31(14-4-1)37-27-33-15-7-8-18-36(33)44-42(37)43(48-49(44)35-16-5-2-6-17-35)32-23-21-30(22-24-32)34-28-40(38-19-9-11-25-45-38)47-41(29-34)39-20-10-12-26-46-39/h1-29H. The number of rotatable bonds is 6. The molecule has 0 bridgehead atoms.